The highest BCUT2D eigenvalue weighted by Crippen LogP contribution is 2.29. The van der Waals surface area contributed by atoms with Gasteiger partial charge in [-0.1, -0.05) is 41.6 Å². The second kappa shape index (κ2) is 8.01. The standard InChI is InChI=1S/C25H18N2O4S/c1-15-6-8-17(9-7-15)27-24(30)20-4-2-3-5-21(20)26-25(27)32-14-16-12-23(29)31-22-13-18(28)10-11-19(16)22/h2-13,28H,14H2,1H3. The van der Waals surface area contributed by atoms with Crippen molar-refractivity contribution in [2.24, 2.45) is 0 Å². The summed E-state index contributed by atoms with van der Waals surface area (Å²) in [6, 6.07) is 21.1. The summed E-state index contributed by atoms with van der Waals surface area (Å²) in [7, 11) is 0. The van der Waals surface area contributed by atoms with E-state index in [0.29, 0.717) is 27.4 Å². The summed E-state index contributed by atoms with van der Waals surface area (Å²) in [5.41, 5.74) is 2.84. The molecule has 2 heterocycles. The van der Waals surface area contributed by atoms with Crippen molar-refractivity contribution in [3.8, 4) is 11.4 Å². The molecule has 158 valence electrons. The van der Waals surface area contributed by atoms with E-state index in [2.05, 4.69) is 0 Å². The minimum Gasteiger partial charge on any atom is -0.508 e. The summed E-state index contributed by atoms with van der Waals surface area (Å²) < 4.78 is 6.82. The highest BCUT2D eigenvalue weighted by atomic mass is 32.2. The Bertz CT molecular complexity index is 1590. The molecular weight excluding hydrogens is 424 g/mol. The van der Waals surface area contributed by atoms with E-state index in [1.54, 1.807) is 22.8 Å². The number of para-hydroxylation sites is 1. The molecule has 5 rings (SSSR count). The fourth-order valence-corrected chi connectivity index (χ4v) is 4.61. The van der Waals surface area contributed by atoms with Crippen molar-refractivity contribution >= 4 is 33.6 Å². The number of fused-ring (bicyclic) bond motifs is 2. The summed E-state index contributed by atoms with van der Waals surface area (Å²) in [4.78, 5) is 30.2. The van der Waals surface area contributed by atoms with Crippen LogP contribution in [0.15, 0.2) is 92.0 Å². The van der Waals surface area contributed by atoms with Gasteiger partial charge in [-0.3, -0.25) is 9.36 Å². The predicted octanol–water partition coefficient (Wildman–Crippen LogP) is 4.80. The third kappa shape index (κ3) is 3.67. The van der Waals surface area contributed by atoms with Crippen LogP contribution in [0.2, 0.25) is 0 Å². The Balaban J connectivity index is 1.64. The van der Waals surface area contributed by atoms with E-state index < -0.39 is 5.63 Å². The summed E-state index contributed by atoms with van der Waals surface area (Å²) in [6.07, 6.45) is 0. The molecular formula is C25H18N2O4S. The first-order chi connectivity index (χ1) is 15.5. The molecule has 0 saturated carbocycles. The lowest BCUT2D eigenvalue weighted by Crippen LogP contribution is -2.21. The van der Waals surface area contributed by atoms with Crippen LogP contribution < -0.4 is 11.2 Å². The largest absolute Gasteiger partial charge is 0.508 e. The molecule has 0 amide bonds. The number of aromatic nitrogens is 2. The van der Waals surface area contributed by atoms with Crippen LogP contribution in [0.25, 0.3) is 27.6 Å². The maximum atomic E-state index is 13.4. The van der Waals surface area contributed by atoms with Gasteiger partial charge in [-0.25, -0.2) is 9.78 Å². The van der Waals surface area contributed by atoms with Gasteiger partial charge in [0.15, 0.2) is 5.16 Å². The molecule has 0 aliphatic heterocycles. The van der Waals surface area contributed by atoms with Crippen molar-refractivity contribution in [2.75, 3.05) is 0 Å². The number of aromatic hydroxyl groups is 1. The Labute approximate surface area is 186 Å². The third-order valence-electron chi connectivity index (χ3n) is 5.21. The van der Waals surface area contributed by atoms with Gasteiger partial charge in [-0.15, -0.1) is 0 Å². The molecule has 0 saturated heterocycles. The summed E-state index contributed by atoms with van der Waals surface area (Å²) in [5.74, 6) is 0.415. The number of rotatable bonds is 4. The van der Waals surface area contributed by atoms with Crippen LogP contribution in [0, 0.1) is 6.92 Å². The lowest BCUT2D eigenvalue weighted by atomic mass is 10.1. The molecule has 0 unspecified atom stereocenters. The van der Waals surface area contributed by atoms with Crippen LogP contribution >= 0.6 is 11.8 Å². The molecule has 0 aliphatic carbocycles. The van der Waals surface area contributed by atoms with Crippen LogP contribution in [-0.4, -0.2) is 14.7 Å². The van der Waals surface area contributed by atoms with Gasteiger partial charge < -0.3 is 9.52 Å². The summed E-state index contributed by atoms with van der Waals surface area (Å²) in [5, 5.41) is 11.5. The summed E-state index contributed by atoms with van der Waals surface area (Å²) in [6.45, 7) is 1.99. The molecule has 0 aliphatic rings. The molecule has 0 spiro atoms. The molecule has 32 heavy (non-hydrogen) atoms. The first kappa shape index (κ1) is 20.1. The van der Waals surface area contributed by atoms with Crippen molar-refractivity contribution in [1.29, 1.82) is 0 Å². The number of hydrogen-bond donors (Lipinski definition) is 1. The highest BCUT2D eigenvalue weighted by molar-refractivity contribution is 7.98. The molecule has 0 atom stereocenters. The topological polar surface area (TPSA) is 85.3 Å². The zero-order valence-corrected chi connectivity index (χ0v) is 17.9. The number of phenolic OH excluding ortho intramolecular Hbond substituents is 1. The van der Waals surface area contributed by atoms with E-state index in [0.717, 1.165) is 22.2 Å². The number of nitrogens with zero attached hydrogens (tertiary/aromatic N) is 2. The second-order valence-electron chi connectivity index (χ2n) is 7.45. The van der Waals surface area contributed by atoms with Crippen LogP contribution in [0.4, 0.5) is 0 Å². The maximum absolute atomic E-state index is 13.4. The van der Waals surface area contributed by atoms with Gasteiger partial charge in [-0.2, -0.15) is 0 Å². The maximum Gasteiger partial charge on any atom is 0.336 e. The van der Waals surface area contributed by atoms with Crippen LogP contribution in [0.3, 0.4) is 0 Å². The van der Waals surface area contributed by atoms with E-state index in [9.17, 15) is 14.7 Å². The first-order valence-electron chi connectivity index (χ1n) is 9.97. The molecule has 1 N–H and O–H groups in total. The van der Waals surface area contributed by atoms with Gasteiger partial charge in [-0.05, 0) is 48.9 Å². The first-order valence-corrected chi connectivity index (χ1v) is 11.0. The number of thioether (sulfide) groups is 1. The van der Waals surface area contributed by atoms with Crippen molar-refractivity contribution in [3.05, 3.63) is 105 Å². The highest BCUT2D eigenvalue weighted by Gasteiger charge is 2.15. The fourth-order valence-electron chi connectivity index (χ4n) is 3.61. The zero-order chi connectivity index (χ0) is 22.2. The molecule has 0 fully saturated rings. The van der Waals surface area contributed by atoms with Gasteiger partial charge in [0.2, 0.25) is 0 Å². The van der Waals surface area contributed by atoms with Crippen LogP contribution in [-0.2, 0) is 5.75 Å². The molecule has 2 aromatic heterocycles. The van der Waals surface area contributed by atoms with Crippen molar-refractivity contribution in [3.63, 3.8) is 0 Å². The van der Waals surface area contributed by atoms with Crippen LogP contribution in [0.1, 0.15) is 11.1 Å². The predicted molar refractivity (Wildman–Crippen MR) is 126 cm³/mol. The Morgan fingerprint density at radius 3 is 2.56 bits per heavy atom. The van der Waals surface area contributed by atoms with Gasteiger partial charge in [0.05, 0.1) is 16.6 Å². The van der Waals surface area contributed by atoms with Gasteiger partial charge in [0.1, 0.15) is 11.3 Å². The van der Waals surface area contributed by atoms with Gasteiger partial charge in [0, 0.05) is 23.3 Å². The fraction of sp³-hybridized carbons (Fsp3) is 0.0800. The summed E-state index contributed by atoms with van der Waals surface area (Å²) >= 11 is 1.36. The lowest BCUT2D eigenvalue weighted by molar-refractivity contribution is 0.473. The Hall–Kier alpha value is -3.84. The average molecular weight is 442 g/mol. The van der Waals surface area contributed by atoms with Crippen molar-refractivity contribution in [2.45, 2.75) is 17.8 Å². The molecule has 5 aromatic rings. The minimum atomic E-state index is -0.499. The minimum absolute atomic E-state index is 0.0230. The molecule has 6 nitrogen and oxygen atoms in total. The monoisotopic (exact) mass is 442 g/mol. The van der Waals surface area contributed by atoms with Crippen LogP contribution in [0.5, 0.6) is 5.75 Å². The molecule has 7 heteroatoms. The lowest BCUT2D eigenvalue weighted by Gasteiger charge is -2.14. The van der Waals surface area contributed by atoms with E-state index in [-0.39, 0.29) is 11.3 Å². The Morgan fingerprint density at radius 1 is 0.969 bits per heavy atom. The van der Waals surface area contributed by atoms with Gasteiger partial charge >= 0.3 is 5.63 Å². The number of phenols is 1. The van der Waals surface area contributed by atoms with Crippen molar-refractivity contribution < 1.29 is 9.52 Å². The Morgan fingerprint density at radius 2 is 1.75 bits per heavy atom. The van der Waals surface area contributed by atoms with E-state index in [1.165, 1.54) is 23.9 Å². The molecule has 0 radical (unpaired) electrons. The zero-order valence-electron chi connectivity index (χ0n) is 17.1. The molecule has 0 bridgehead atoms. The van der Waals surface area contributed by atoms with E-state index in [1.807, 2.05) is 49.4 Å². The van der Waals surface area contributed by atoms with Crippen molar-refractivity contribution in [1.82, 2.24) is 9.55 Å². The van der Waals surface area contributed by atoms with E-state index in [4.69, 9.17) is 9.40 Å². The van der Waals surface area contributed by atoms with E-state index >= 15 is 0 Å². The third-order valence-corrected chi connectivity index (χ3v) is 6.20. The Kier molecular flexibility index (Phi) is 5.03. The van der Waals surface area contributed by atoms with Gasteiger partial charge in [0.25, 0.3) is 5.56 Å². The average Bonchev–Trinajstić information content (AvgIpc) is 2.78. The molecule has 3 aromatic carbocycles. The number of aryl methyl sites for hydroxylation is 1. The quantitative estimate of drug-likeness (QED) is 0.245. The normalized spacial score (nSPS) is 11.3. The second-order valence-corrected chi connectivity index (χ2v) is 8.39. The number of benzene rings is 3. The number of hydrogen-bond acceptors (Lipinski definition) is 6. The SMILES string of the molecule is Cc1ccc(-n2c(SCc3cc(=O)oc4cc(O)ccc34)nc3ccccc3c2=O)cc1. The smallest absolute Gasteiger partial charge is 0.336 e.